The fourth-order valence-corrected chi connectivity index (χ4v) is 4.65. The molecular weight excluding hydrogens is 492 g/mol. The Labute approximate surface area is 227 Å². The average molecular weight is 521 g/mol. The van der Waals surface area contributed by atoms with Crippen LogP contribution in [-0.4, -0.2) is 33.3 Å². The van der Waals surface area contributed by atoms with E-state index in [1.165, 1.54) is 17.3 Å². The van der Waals surface area contributed by atoms with Gasteiger partial charge in [0.2, 0.25) is 0 Å². The number of aliphatic hydroxyl groups excluding tert-OH is 1. The molecule has 0 saturated carbocycles. The van der Waals surface area contributed by atoms with Gasteiger partial charge in [0.05, 0.1) is 18.2 Å². The van der Waals surface area contributed by atoms with Crippen LogP contribution in [0.4, 0.5) is 0 Å². The van der Waals surface area contributed by atoms with Crippen molar-refractivity contribution in [1.29, 1.82) is 0 Å². The van der Waals surface area contributed by atoms with E-state index in [1.54, 1.807) is 30.3 Å². The predicted octanol–water partition coefficient (Wildman–Crippen LogP) is 5.68. The Kier molecular flexibility index (Phi) is 7.68. The molecule has 1 aromatic heterocycles. The van der Waals surface area contributed by atoms with Gasteiger partial charge in [-0.3, -0.25) is 14.6 Å². The highest BCUT2D eigenvalue weighted by molar-refractivity contribution is 6.46. The third-order valence-electron chi connectivity index (χ3n) is 6.51. The molecule has 1 atom stereocenters. The molecule has 1 aliphatic rings. The third kappa shape index (κ3) is 5.52. The van der Waals surface area contributed by atoms with Gasteiger partial charge in [-0.2, -0.15) is 0 Å². The van der Waals surface area contributed by atoms with Crippen molar-refractivity contribution >= 4 is 17.4 Å². The molecule has 1 amide bonds. The number of aromatic nitrogens is 1. The number of Topliss-reactive ketones (excluding diaryl/α,β-unsaturated/α-hetero) is 1. The van der Waals surface area contributed by atoms with E-state index < -0.39 is 17.7 Å². The standard InChI is InChI=1S/C32H28N2O5/c1-2-38-27-19-25(13-14-26(27)39-21-23-11-7-4-8-12-23)29-28(30(35)24-15-17-33-18-16-24)31(36)32(37)34(29)20-22-9-5-3-6-10-22/h3-19,29,35H,2,20-21H2,1H3. The molecule has 0 spiro atoms. The molecule has 1 aliphatic heterocycles. The summed E-state index contributed by atoms with van der Waals surface area (Å²) in [6, 6.07) is 27.0. The van der Waals surface area contributed by atoms with E-state index in [9.17, 15) is 14.7 Å². The maximum Gasteiger partial charge on any atom is 0.295 e. The number of hydrogen-bond acceptors (Lipinski definition) is 6. The molecule has 7 nitrogen and oxygen atoms in total. The van der Waals surface area contributed by atoms with Crippen molar-refractivity contribution in [3.05, 3.63) is 131 Å². The van der Waals surface area contributed by atoms with Gasteiger partial charge in [-0.1, -0.05) is 66.7 Å². The van der Waals surface area contributed by atoms with Gasteiger partial charge in [-0.15, -0.1) is 0 Å². The topological polar surface area (TPSA) is 89.0 Å². The molecule has 2 heterocycles. The van der Waals surface area contributed by atoms with E-state index in [0.717, 1.165) is 11.1 Å². The third-order valence-corrected chi connectivity index (χ3v) is 6.51. The molecular formula is C32H28N2O5. The van der Waals surface area contributed by atoms with Crippen LogP contribution in [0, 0.1) is 0 Å². The summed E-state index contributed by atoms with van der Waals surface area (Å²) in [6.45, 7) is 2.82. The van der Waals surface area contributed by atoms with Crippen LogP contribution in [0.25, 0.3) is 5.76 Å². The Morgan fingerprint density at radius 1 is 0.846 bits per heavy atom. The molecule has 39 heavy (non-hydrogen) atoms. The van der Waals surface area contributed by atoms with Gasteiger partial charge < -0.3 is 19.5 Å². The second-order valence-corrected chi connectivity index (χ2v) is 9.06. The minimum Gasteiger partial charge on any atom is -0.507 e. The van der Waals surface area contributed by atoms with Crippen LogP contribution in [0.1, 0.15) is 35.2 Å². The van der Waals surface area contributed by atoms with E-state index in [4.69, 9.17) is 9.47 Å². The zero-order chi connectivity index (χ0) is 27.2. The van der Waals surface area contributed by atoms with Gasteiger partial charge in [-0.25, -0.2) is 0 Å². The van der Waals surface area contributed by atoms with E-state index in [-0.39, 0.29) is 17.9 Å². The lowest BCUT2D eigenvalue weighted by atomic mass is 9.95. The highest BCUT2D eigenvalue weighted by Gasteiger charge is 2.46. The van der Waals surface area contributed by atoms with E-state index in [1.807, 2.05) is 67.6 Å². The van der Waals surface area contributed by atoms with Crippen LogP contribution in [0.2, 0.25) is 0 Å². The first-order chi connectivity index (χ1) is 19.1. The summed E-state index contributed by atoms with van der Waals surface area (Å²) in [5.41, 5.74) is 2.91. The van der Waals surface area contributed by atoms with Crippen LogP contribution < -0.4 is 9.47 Å². The summed E-state index contributed by atoms with van der Waals surface area (Å²) in [6.07, 6.45) is 3.05. The number of ether oxygens (including phenoxy) is 2. The average Bonchev–Trinajstić information content (AvgIpc) is 3.22. The number of nitrogens with zero attached hydrogens (tertiary/aromatic N) is 2. The van der Waals surface area contributed by atoms with Crippen LogP contribution >= 0.6 is 0 Å². The normalized spacial score (nSPS) is 16.3. The maximum absolute atomic E-state index is 13.4. The second kappa shape index (κ2) is 11.6. The fourth-order valence-electron chi connectivity index (χ4n) is 4.65. The number of ketones is 1. The van der Waals surface area contributed by atoms with Gasteiger partial charge in [0, 0.05) is 24.5 Å². The lowest BCUT2D eigenvalue weighted by Crippen LogP contribution is -2.29. The summed E-state index contributed by atoms with van der Waals surface area (Å²) in [7, 11) is 0. The number of carbonyl (C=O) groups excluding carboxylic acids is 2. The summed E-state index contributed by atoms with van der Waals surface area (Å²) >= 11 is 0. The van der Waals surface area contributed by atoms with E-state index in [2.05, 4.69) is 4.98 Å². The Hall–Kier alpha value is -4.91. The molecule has 1 N–H and O–H groups in total. The fraction of sp³-hybridized carbons (Fsp3) is 0.156. The summed E-state index contributed by atoms with van der Waals surface area (Å²) < 4.78 is 12.0. The minimum absolute atomic E-state index is 0.0162. The molecule has 196 valence electrons. The first kappa shape index (κ1) is 25.7. The lowest BCUT2D eigenvalue weighted by Gasteiger charge is -2.26. The molecule has 7 heteroatoms. The predicted molar refractivity (Wildman–Crippen MR) is 147 cm³/mol. The van der Waals surface area contributed by atoms with Gasteiger partial charge >= 0.3 is 0 Å². The highest BCUT2D eigenvalue weighted by atomic mass is 16.5. The molecule has 0 bridgehead atoms. The number of hydrogen-bond donors (Lipinski definition) is 1. The first-order valence-corrected chi connectivity index (χ1v) is 12.7. The zero-order valence-corrected chi connectivity index (χ0v) is 21.5. The number of rotatable bonds is 9. The lowest BCUT2D eigenvalue weighted by molar-refractivity contribution is -0.140. The van der Waals surface area contributed by atoms with E-state index >= 15 is 0 Å². The van der Waals surface area contributed by atoms with Crippen LogP contribution in [0.5, 0.6) is 11.5 Å². The van der Waals surface area contributed by atoms with Crippen LogP contribution in [0.15, 0.2) is 109 Å². The van der Waals surface area contributed by atoms with Crippen molar-refractivity contribution in [3.8, 4) is 11.5 Å². The Bertz CT molecular complexity index is 1490. The second-order valence-electron chi connectivity index (χ2n) is 9.06. The van der Waals surface area contributed by atoms with Gasteiger partial charge in [0.15, 0.2) is 11.5 Å². The molecule has 1 fully saturated rings. The number of amides is 1. The van der Waals surface area contributed by atoms with Gasteiger partial charge in [0.25, 0.3) is 11.7 Å². The quantitative estimate of drug-likeness (QED) is 0.174. The number of benzene rings is 3. The number of pyridine rings is 1. The highest BCUT2D eigenvalue weighted by Crippen LogP contribution is 2.42. The summed E-state index contributed by atoms with van der Waals surface area (Å²) in [5, 5.41) is 11.3. The van der Waals surface area contributed by atoms with Gasteiger partial charge in [0.1, 0.15) is 12.4 Å². The molecule has 4 aromatic rings. The minimum atomic E-state index is -0.833. The molecule has 3 aromatic carbocycles. The Morgan fingerprint density at radius 2 is 1.51 bits per heavy atom. The van der Waals surface area contributed by atoms with Crippen molar-refractivity contribution in [1.82, 2.24) is 9.88 Å². The van der Waals surface area contributed by atoms with Gasteiger partial charge in [-0.05, 0) is 47.9 Å². The monoisotopic (exact) mass is 520 g/mol. The van der Waals surface area contributed by atoms with Crippen molar-refractivity contribution in [2.24, 2.45) is 0 Å². The molecule has 5 rings (SSSR count). The van der Waals surface area contributed by atoms with Crippen molar-refractivity contribution in [3.63, 3.8) is 0 Å². The number of likely N-dealkylation sites (tertiary alicyclic amines) is 1. The maximum atomic E-state index is 13.4. The Balaban J connectivity index is 1.58. The van der Waals surface area contributed by atoms with Crippen molar-refractivity contribution in [2.75, 3.05) is 6.61 Å². The first-order valence-electron chi connectivity index (χ1n) is 12.7. The van der Waals surface area contributed by atoms with E-state index in [0.29, 0.717) is 35.8 Å². The molecule has 1 saturated heterocycles. The smallest absolute Gasteiger partial charge is 0.295 e. The van der Waals surface area contributed by atoms with Crippen molar-refractivity contribution < 1.29 is 24.2 Å². The molecule has 0 aliphatic carbocycles. The van der Waals surface area contributed by atoms with Crippen LogP contribution in [0.3, 0.4) is 0 Å². The zero-order valence-electron chi connectivity index (χ0n) is 21.5. The molecule has 0 radical (unpaired) electrons. The van der Waals surface area contributed by atoms with Crippen molar-refractivity contribution in [2.45, 2.75) is 26.1 Å². The SMILES string of the molecule is CCOc1cc(C2C(=C(O)c3ccncc3)C(=O)C(=O)N2Cc2ccccc2)ccc1OCc1ccccc1. The summed E-state index contributed by atoms with van der Waals surface area (Å²) in [5.74, 6) is -0.646. The Morgan fingerprint density at radius 3 is 2.18 bits per heavy atom. The summed E-state index contributed by atoms with van der Waals surface area (Å²) in [4.78, 5) is 32.2. The van der Waals surface area contributed by atoms with Crippen LogP contribution in [-0.2, 0) is 22.7 Å². The number of carbonyl (C=O) groups is 2. The largest absolute Gasteiger partial charge is 0.507 e. The molecule has 1 unspecified atom stereocenters. The number of aliphatic hydroxyl groups is 1.